The topological polar surface area (TPSA) is 60.9 Å². The standard InChI is InChI=1S/C20H27N3O3/c1-3-18(24)21-9-11-22(12-10-21)20(26)17-13-19(25)23(14-17)15(2)16-7-5-4-6-8-16/h4-8,15,17H,3,9-14H2,1-2H3. The first-order chi connectivity index (χ1) is 12.5. The molecule has 0 saturated carbocycles. The van der Waals surface area contributed by atoms with Crippen LogP contribution in [0, 0.1) is 5.92 Å². The third kappa shape index (κ3) is 3.74. The summed E-state index contributed by atoms with van der Waals surface area (Å²) in [6.07, 6.45) is 0.779. The molecule has 26 heavy (non-hydrogen) atoms. The molecule has 0 aliphatic carbocycles. The van der Waals surface area contributed by atoms with E-state index < -0.39 is 0 Å². The molecule has 1 aromatic carbocycles. The lowest BCUT2D eigenvalue weighted by Gasteiger charge is -2.36. The number of piperazine rings is 1. The Hall–Kier alpha value is -2.37. The van der Waals surface area contributed by atoms with Crippen LogP contribution < -0.4 is 0 Å². The quantitative estimate of drug-likeness (QED) is 0.824. The van der Waals surface area contributed by atoms with Crippen LogP contribution in [0.2, 0.25) is 0 Å². The third-order valence-electron chi connectivity index (χ3n) is 5.50. The van der Waals surface area contributed by atoms with E-state index in [-0.39, 0.29) is 36.1 Å². The van der Waals surface area contributed by atoms with Crippen molar-refractivity contribution in [2.45, 2.75) is 32.7 Å². The van der Waals surface area contributed by atoms with Crippen molar-refractivity contribution in [2.24, 2.45) is 5.92 Å². The molecule has 0 aromatic heterocycles. The molecule has 3 amide bonds. The van der Waals surface area contributed by atoms with Crippen LogP contribution in [0.1, 0.15) is 38.3 Å². The Labute approximate surface area is 154 Å². The maximum atomic E-state index is 12.8. The maximum absolute atomic E-state index is 12.8. The van der Waals surface area contributed by atoms with Gasteiger partial charge in [-0.15, -0.1) is 0 Å². The summed E-state index contributed by atoms with van der Waals surface area (Å²) in [5.41, 5.74) is 1.08. The van der Waals surface area contributed by atoms with Crippen LogP contribution >= 0.6 is 0 Å². The predicted molar refractivity (Wildman–Crippen MR) is 98.1 cm³/mol. The summed E-state index contributed by atoms with van der Waals surface area (Å²) < 4.78 is 0. The Bertz CT molecular complexity index is 668. The summed E-state index contributed by atoms with van der Waals surface area (Å²) in [5, 5.41) is 0. The van der Waals surface area contributed by atoms with Gasteiger partial charge in [0.25, 0.3) is 0 Å². The van der Waals surface area contributed by atoms with Crippen LogP contribution in [0.5, 0.6) is 0 Å². The highest BCUT2D eigenvalue weighted by Crippen LogP contribution is 2.29. The van der Waals surface area contributed by atoms with E-state index in [1.54, 1.807) is 0 Å². The van der Waals surface area contributed by atoms with Crippen molar-refractivity contribution in [3.63, 3.8) is 0 Å². The van der Waals surface area contributed by atoms with Gasteiger partial charge in [-0.25, -0.2) is 0 Å². The SMILES string of the molecule is CCC(=O)N1CCN(C(=O)C2CC(=O)N(C(C)c3ccccc3)C2)CC1. The molecule has 2 aliphatic rings. The van der Waals surface area contributed by atoms with E-state index in [0.29, 0.717) is 39.1 Å². The van der Waals surface area contributed by atoms with Crippen LogP contribution in [0.15, 0.2) is 30.3 Å². The van der Waals surface area contributed by atoms with Gasteiger partial charge in [0.1, 0.15) is 0 Å². The largest absolute Gasteiger partial charge is 0.339 e. The molecule has 2 fully saturated rings. The molecule has 0 radical (unpaired) electrons. The average molecular weight is 357 g/mol. The van der Waals surface area contributed by atoms with Crippen molar-refractivity contribution in [3.05, 3.63) is 35.9 Å². The number of carbonyl (C=O) groups is 3. The number of amides is 3. The average Bonchev–Trinajstić information content (AvgIpc) is 3.08. The first-order valence-electron chi connectivity index (χ1n) is 9.42. The highest BCUT2D eigenvalue weighted by Gasteiger charge is 2.39. The Balaban J connectivity index is 1.58. The maximum Gasteiger partial charge on any atom is 0.228 e. The normalized spacial score (nSPS) is 21.8. The van der Waals surface area contributed by atoms with E-state index in [1.807, 2.05) is 58.9 Å². The van der Waals surface area contributed by atoms with Gasteiger partial charge in [0.2, 0.25) is 17.7 Å². The summed E-state index contributed by atoms with van der Waals surface area (Å²) in [5.74, 6) is -0.0534. The van der Waals surface area contributed by atoms with Crippen molar-refractivity contribution in [2.75, 3.05) is 32.7 Å². The second kappa shape index (κ2) is 7.89. The smallest absolute Gasteiger partial charge is 0.228 e. The molecule has 2 unspecified atom stereocenters. The van der Waals surface area contributed by atoms with Crippen LogP contribution in [-0.2, 0) is 14.4 Å². The van der Waals surface area contributed by atoms with Gasteiger partial charge in [0, 0.05) is 45.6 Å². The van der Waals surface area contributed by atoms with E-state index in [0.717, 1.165) is 5.56 Å². The number of hydrogen-bond acceptors (Lipinski definition) is 3. The molecule has 0 bridgehead atoms. The van der Waals surface area contributed by atoms with Gasteiger partial charge >= 0.3 is 0 Å². The summed E-state index contributed by atoms with van der Waals surface area (Å²) >= 11 is 0. The number of hydrogen-bond donors (Lipinski definition) is 0. The molecule has 2 aliphatic heterocycles. The highest BCUT2D eigenvalue weighted by molar-refractivity contribution is 5.89. The van der Waals surface area contributed by atoms with E-state index in [9.17, 15) is 14.4 Å². The van der Waals surface area contributed by atoms with E-state index in [4.69, 9.17) is 0 Å². The third-order valence-corrected chi connectivity index (χ3v) is 5.50. The van der Waals surface area contributed by atoms with Gasteiger partial charge in [0.05, 0.1) is 12.0 Å². The molecule has 0 N–H and O–H groups in total. The zero-order valence-electron chi connectivity index (χ0n) is 15.6. The zero-order chi connectivity index (χ0) is 18.7. The molecule has 2 heterocycles. The minimum atomic E-state index is -0.276. The van der Waals surface area contributed by atoms with Gasteiger partial charge in [-0.2, -0.15) is 0 Å². The van der Waals surface area contributed by atoms with E-state index >= 15 is 0 Å². The fraction of sp³-hybridized carbons (Fsp3) is 0.550. The number of likely N-dealkylation sites (tertiary alicyclic amines) is 1. The van der Waals surface area contributed by atoms with E-state index in [2.05, 4.69) is 0 Å². The van der Waals surface area contributed by atoms with E-state index in [1.165, 1.54) is 0 Å². The van der Waals surface area contributed by atoms with Crippen LogP contribution in [0.4, 0.5) is 0 Å². The number of nitrogens with zero attached hydrogens (tertiary/aromatic N) is 3. The predicted octanol–water partition coefficient (Wildman–Crippen LogP) is 1.68. The van der Waals surface area contributed by atoms with Gasteiger partial charge in [-0.1, -0.05) is 37.3 Å². The Morgan fingerprint density at radius 1 is 1.08 bits per heavy atom. The lowest BCUT2D eigenvalue weighted by Crippen LogP contribution is -2.52. The fourth-order valence-corrected chi connectivity index (χ4v) is 3.84. The first-order valence-corrected chi connectivity index (χ1v) is 9.42. The summed E-state index contributed by atoms with van der Waals surface area (Å²) in [7, 11) is 0. The van der Waals surface area contributed by atoms with Crippen molar-refractivity contribution in [3.8, 4) is 0 Å². The zero-order valence-corrected chi connectivity index (χ0v) is 15.6. The van der Waals surface area contributed by atoms with Crippen LogP contribution in [0.3, 0.4) is 0 Å². The second-order valence-electron chi connectivity index (χ2n) is 7.09. The van der Waals surface area contributed by atoms with Crippen molar-refractivity contribution < 1.29 is 14.4 Å². The molecule has 2 atom stereocenters. The Kier molecular flexibility index (Phi) is 5.59. The number of carbonyl (C=O) groups excluding carboxylic acids is 3. The highest BCUT2D eigenvalue weighted by atomic mass is 16.2. The Morgan fingerprint density at radius 3 is 2.31 bits per heavy atom. The van der Waals surface area contributed by atoms with Gasteiger partial charge in [-0.05, 0) is 12.5 Å². The Morgan fingerprint density at radius 2 is 1.69 bits per heavy atom. The van der Waals surface area contributed by atoms with Crippen LogP contribution in [-0.4, -0.2) is 65.1 Å². The molecule has 6 heteroatoms. The van der Waals surface area contributed by atoms with Crippen molar-refractivity contribution >= 4 is 17.7 Å². The lowest BCUT2D eigenvalue weighted by molar-refractivity contribution is -0.141. The summed E-state index contributed by atoms with van der Waals surface area (Å²) in [6, 6.07) is 9.88. The minimum absolute atomic E-state index is 0.0273. The van der Waals surface area contributed by atoms with Crippen molar-refractivity contribution in [1.82, 2.24) is 14.7 Å². The molecule has 3 rings (SSSR count). The molecule has 6 nitrogen and oxygen atoms in total. The van der Waals surface area contributed by atoms with Crippen LogP contribution in [0.25, 0.3) is 0 Å². The number of rotatable bonds is 4. The molecule has 140 valence electrons. The summed E-state index contributed by atoms with van der Waals surface area (Å²) in [4.78, 5) is 42.5. The summed E-state index contributed by atoms with van der Waals surface area (Å²) in [6.45, 7) is 6.63. The van der Waals surface area contributed by atoms with Gasteiger partial charge in [-0.3, -0.25) is 14.4 Å². The van der Waals surface area contributed by atoms with Crippen molar-refractivity contribution in [1.29, 1.82) is 0 Å². The fourth-order valence-electron chi connectivity index (χ4n) is 3.84. The number of benzene rings is 1. The molecular formula is C20H27N3O3. The molecule has 0 spiro atoms. The second-order valence-corrected chi connectivity index (χ2v) is 7.09. The molecule has 1 aromatic rings. The first kappa shape index (κ1) is 18.4. The molecular weight excluding hydrogens is 330 g/mol. The molecule has 2 saturated heterocycles. The van der Waals surface area contributed by atoms with Gasteiger partial charge < -0.3 is 14.7 Å². The van der Waals surface area contributed by atoms with Gasteiger partial charge in [0.15, 0.2) is 0 Å². The minimum Gasteiger partial charge on any atom is -0.339 e. The lowest BCUT2D eigenvalue weighted by atomic mass is 10.1. The monoisotopic (exact) mass is 357 g/mol.